The fraction of sp³-hybridized carbons (Fsp3) is 0.304. The summed E-state index contributed by atoms with van der Waals surface area (Å²) in [6, 6.07) is 12.8. The maximum Gasteiger partial charge on any atom is 0.349 e. The predicted octanol–water partition coefficient (Wildman–Crippen LogP) is 4.74. The van der Waals surface area contributed by atoms with Crippen LogP contribution >= 0.6 is 0 Å². The van der Waals surface area contributed by atoms with Gasteiger partial charge in [-0.2, -0.15) is 0 Å². The number of carbonyl (C=O) groups excluding carboxylic acids is 1. The first kappa shape index (κ1) is 19.7. The van der Waals surface area contributed by atoms with Crippen molar-refractivity contribution in [3.8, 4) is 11.5 Å². The van der Waals surface area contributed by atoms with Gasteiger partial charge in [0.15, 0.2) is 12.4 Å². The molecule has 28 heavy (non-hydrogen) atoms. The summed E-state index contributed by atoms with van der Waals surface area (Å²) in [5, 5.41) is 0.605. The molecule has 0 aliphatic carbocycles. The van der Waals surface area contributed by atoms with Crippen molar-refractivity contribution >= 4 is 16.9 Å². The SMILES string of the molecule is CCCCc1c(OC(=O)COc2cc(C)cc(C)c2)c2ccccc2oc1=O. The Morgan fingerprint density at radius 1 is 1.07 bits per heavy atom. The molecule has 0 N–H and O–H groups in total. The highest BCUT2D eigenvalue weighted by molar-refractivity contribution is 5.87. The third-order valence-corrected chi connectivity index (χ3v) is 4.40. The zero-order valence-electron chi connectivity index (χ0n) is 16.4. The van der Waals surface area contributed by atoms with Crippen LogP contribution < -0.4 is 15.1 Å². The van der Waals surface area contributed by atoms with Crippen LogP contribution in [0.3, 0.4) is 0 Å². The Hall–Kier alpha value is -3.08. The summed E-state index contributed by atoms with van der Waals surface area (Å²) in [4.78, 5) is 24.9. The molecular formula is C23H24O5. The fourth-order valence-electron chi connectivity index (χ4n) is 3.15. The van der Waals surface area contributed by atoms with Crippen LogP contribution in [-0.4, -0.2) is 12.6 Å². The summed E-state index contributed by atoms with van der Waals surface area (Å²) < 4.78 is 16.6. The molecule has 0 amide bonds. The summed E-state index contributed by atoms with van der Waals surface area (Å²) >= 11 is 0. The van der Waals surface area contributed by atoms with Crippen molar-refractivity contribution in [2.75, 3.05) is 6.61 Å². The zero-order chi connectivity index (χ0) is 20.1. The number of carbonyl (C=O) groups is 1. The van der Waals surface area contributed by atoms with Crippen molar-refractivity contribution in [2.45, 2.75) is 40.0 Å². The Bertz CT molecular complexity index is 1030. The van der Waals surface area contributed by atoms with Gasteiger partial charge in [0.1, 0.15) is 11.3 Å². The lowest BCUT2D eigenvalue weighted by Gasteiger charge is -2.12. The molecule has 0 saturated heterocycles. The predicted molar refractivity (Wildman–Crippen MR) is 108 cm³/mol. The molecule has 0 fully saturated rings. The van der Waals surface area contributed by atoms with E-state index in [4.69, 9.17) is 13.9 Å². The molecule has 2 aromatic carbocycles. The number of rotatable bonds is 7. The Kier molecular flexibility index (Phi) is 6.14. The van der Waals surface area contributed by atoms with E-state index in [1.165, 1.54) is 0 Å². The van der Waals surface area contributed by atoms with Crippen LogP contribution in [0.4, 0.5) is 0 Å². The summed E-state index contributed by atoms with van der Waals surface area (Å²) in [5.41, 5.74) is 2.42. The molecule has 1 heterocycles. The van der Waals surface area contributed by atoms with Crippen molar-refractivity contribution in [2.24, 2.45) is 0 Å². The summed E-state index contributed by atoms with van der Waals surface area (Å²) in [5.74, 6) is 0.320. The minimum atomic E-state index is -0.562. The second-order valence-corrected chi connectivity index (χ2v) is 6.88. The summed E-state index contributed by atoms with van der Waals surface area (Å²) in [6.45, 7) is 5.72. The molecule has 5 nitrogen and oxygen atoms in total. The number of fused-ring (bicyclic) bond motifs is 1. The highest BCUT2D eigenvalue weighted by atomic mass is 16.6. The molecule has 0 aliphatic heterocycles. The minimum Gasteiger partial charge on any atom is -0.482 e. The molecule has 0 radical (unpaired) electrons. The van der Waals surface area contributed by atoms with Crippen molar-refractivity contribution in [3.63, 3.8) is 0 Å². The van der Waals surface area contributed by atoms with E-state index >= 15 is 0 Å². The monoisotopic (exact) mass is 380 g/mol. The molecule has 1 aromatic heterocycles. The standard InChI is InChI=1S/C23H24O5/c1-4-5-8-19-22(18-9-6-7-10-20(18)27-23(19)25)28-21(24)14-26-17-12-15(2)11-16(3)13-17/h6-7,9-13H,4-5,8,14H2,1-3H3. The van der Waals surface area contributed by atoms with Gasteiger partial charge in [0, 0.05) is 0 Å². The topological polar surface area (TPSA) is 65.7 Å². The molecule has 5 heteroatoms. The van der Waals surface area contributed by atoms with E-state index in [9.17, 15) is 9.59 Å². The van der Waals surface area contributed by atoms with Gasteiger partial charge in [-0.3, -0.25) is 0 Å². The van der Waals surface area contributed by atoms with Crippen LogP contribution in [0.15, 0.2) is 51.7 Å². The van der Waals surface area contributed by atoms with Crippen LogP contribution in [0, 0.1) is 13.8 Å². The molecule has 0 saturated carbocycles. The summed E-state index contributed by atoms with van der Waals surface area (Å²) in [6.07, 6.45) is 2.20. The number of unbranched alkanes of at least 4 members (excludes halogenated alkanes) is 1. The molecule has 0 bridgehead atoms. The Morgan fingerprint density at radius 3 is 2.50 bits per heavy atom. The number of hydrogen-bond acceptors (Lipinski definition) is 5. The lowest BCUT2D eigenvalue weighted by molar-refractivity contribution is -0.136. The van der Waals surface area contributed by atoms with Crippen LogP contribution in [-0.2, 0) is 11.2 Å². The fourth-order valence-corrected chi connectivity index (χ4v) is 3.15. The Balaban J connectivity index is 1.85. The highest BCUT2D eigenvalue weighted by Gasteiger charge is 2.19. The number of esters is 1. The van der Waals surface area contributed by atoms with Gasteiger partial charge in [0.2, 0.25) is 0 Å². The molecule has 0 spiro atoms. The maximum atomic E-state index is 12.5. The van der Waals surface area contributed by atoms with Crippen LogP contribution in [0.1, 0.15) is 36.5 Å². The van der Waals surface area contributed by atoms with E-state index < -0.39 is 11.6 Å². The molecular weight excluding hydrogens is 356 g/mol. The first-order valence-electron chi connectivity index (χ1n) is 9.44. The average Bonchev–Trinajstić information content (AvgIpc) is 2.65. The number of ether oxygens (including phenoxy) is 2. The normalized spacial score (nSPS) is 10.8. The van der Waals surface area contributed by atoms with Gasteiger partial charge in [0.25, 0.3) is 0 Å². The number of hydrogen-bond donors (Lipinski definition) is 0. The van der Waals surface area contributed by atoms with E-state index in [0.717, 1.165) is 24.0 Å². The zero-order valence-corrected chi connectivity index (χ0v) is 16.4. The van der Waals surface area contributed by atoms with Crippen molar-refractivity contribution in [1.29, 1.82) is 0 Å². The van der Waals surface area contributed by atoms with Gasteiger partial charge in [-0.05, 0) is 62.1 Å². The van der Waals surface area contributed by atoms with Gasteiger partial charge < -0.3 is 13.9 Å². The van der Waals surface area contributed by atoms with Gasteiger partial charge in [-0.15, -0.1) is 0 Å². The second kappa shape index (κ2) is 8.74. The van der Waals surface area contributed by atoms with Crippen molar-refractivity contribution in [1.82, 2.24) is 0 Å². The third kappa shape index (κ3) is 4.60. The average molecular weight is 380 g/mol. The molecule has 3 aromatic rings. The van der Waals surface area contributed by atoms with E-state index in [2.05, 4.69) is 0 Å². The van der Waals surface area contributed by atoms with Gasteiger partial charge in [-0.25, -0.2) is 9.59 Å². The lowest BCUT2D eigenvalue weighted by Crippen LogP contribution is -2.21. The largest absolute Gasteiger partial charge is 0.482 e. The Morgan fingerprint density at radius 2 is 1.79 bits per heavy atom. The first-order chi connectivity index (χ1) is 13.5. The second-order valence-electron chi connectivity index (χ2n) is 6.88. The van der Waals surface area contributed by atoms with Crippen molar-refractivity contribution in [3.05, 3.63) is 69.6 Å². The van der Waals surface area contributed by atoms with Gasteiger partial charge in [0.05, 0.1) is 10.9 Å². The maximum absolute atomic E-state index is 12.5. The van der Waals surface area contributed by atoms with E-state index in [1.54, 1.807) is 18.2 Å². The van der Waals surface area contributed by atoms with Gasteiger partial charge >= 0.3 is 11.6 Å². The molecule has 0 unspecified atom stereocenters. The van der Waals surface area contributed by atoms with Crippen LogP contribution in [0.25, 0.3) is 11.0 Å². The van der Waals surface area contributed by atoms with Crippen molar-refractivity contribution < 1.29 is 18.7 Å². The number of para-hydroxylation sites is 1. The third-order valence-electron chi connectivity index (χ3n) is 4.40. The lowest BCUT2D eigenvalue weighted by atomic mass is 10.1. The first-order valence-corrected chi connectivity index (χ1v) is 9.44. The van der Waals surface area contributed by atoms with E-state index in [0.29, 0.717) is 28.7 Å². The quantitative estimate of drug-likeness (QED) is 0.438. The molecule has 146 valence electrons. The Labute approximate surface area is 163 Å². The smallest absolute Gasteiger partial charge is 0.349 e. The summed E-state index contributed by atoms with van der Waals surface area (Å²) in [7, 11) is 0. The number of aryl methyl sites for hydroxylation is 2. The van der Waals surface area contributed by atoms with Crippen LogP contribution in [0.5, 0.6) is 11.5 Å². The minimum absolute atomic E-state index is 0.245. The van der Waals surface area contributed by atoms with Gasteiger partial charge in [-0.1, -0.05) is 31.5 Å². The van der Waals surface area contributed by atoms with Crippen LogP contribution in [0.2, 0.25) is 0 Å². The molecule has 0 atom stereocenters. The molecule has 0 aliphatic rings. The van der Waals surface area contributed by atoms with E-state index in [-0.39, 0.29) is 12.4 Å². The highest BCUT2D eigenvalue weighted by Crippen LogP contribution is 2.29. The number of benzene rings is 2. The van der Waals surface area contributed by atoms with E-state index in [1.807, 2.05) is 45.0 Å². The molecule has 3 rings (SSSR count).